The predicted molar refractivity (Wildman–Crippen MR) is 345 cm³/mol. The average Bonchev–Trinajstić information content (AvgIpc) is 1.74. The number of hydrogen-bond donors (Lipinski definition) is 3. The molecule has 0 unspecified atom stereocenters. The highest BCUT2D eigenvalue weighted by Crippen LogP contribution is 2.48. The molecule has 0 radical (unpaired) electrons. The van der Waals surface area contributed by atoms with E-state index in [4.69, 9.17) is 36.2 Å². The summed E-state index contributed by atoms with van der Waals surface area (Å²) in [6.45, 7) is 39.2. The Labute approximate surface area is 511 Å². The highest BCUT2D eigenvalue weighted by molar-refractivity contribution is 6.11. The van der Waals surface area contributed by atoms with Gasteiger partial charge in [0, 0.05) is 126 Å². The van der Waals surface area contributed by atoms with Gasteiger partial charge in [0.05, 0.1) is 35.3 Å². The molecular weight excluding hydrogens is 1090 g/mol. The minimum Gasteiger partial charge on any atom is -0.492 e. The zero-order valence-corrected chi connectivity index (χ0v) is 50.5. The van der Waals surface area contributed by atoms with Gasteiger partial charge in [-0.2, -0.15) is 0 Å². The van der Waals surface area contributed by atoms with Crippen LogP contribution >= 0.6 is 0 Å². The number of aromatic nitrogens is 2. The van der Waals surface area contributed by atoms with E-state index >= 15 is 0 Å². The molecule has 0 atom stereocenters. The van der Waals surface area contributed by atoms with Crippen LogP contribution in [0.5, 0.6) is 11.5 Å². The molecular formula is C69H80N12O6. The number of anilines is 2. The number of hydrogen-bond acceptors (Lipinski definition) is 15. The molecule has 8 aromatic rings. The second kappa shape index (κ2) is 28.8. The minimum atomic E-state index is -0.509. The number of carbonyl (C=O) groups excluding carboxylic acids is 1. The summed E-state index contributed by atoms with van der Waals surface area (Å²) in [5.41, 5.74) is 8.64. The zero-order chi connectivity index (χ0) is 60.0. The van der Waals surface area contributed by atoms with E-state index in [-0.39, 0.29) is 6.09 Å². The molecule has 452 valence electrons. The first-order valence-electron chi connectivity index (χ1n) is 30.9. The Morgan fingerprint density at radius 3 is 1.37 bits per heavy atom. The van der Waals surface area contributed by atoms with Crippen LogP contribution in [0.2, 0.25) is 0 Å². The Balaban J connectivity index is 0.000000182. The van der Waals surface area contributed by atoms with Gasteiger partial charge in [-0.05, 0) is 132 Å². The molecule has 4 saturated heterocycles. The maximum absolute atomic E-state index is 12.5. The molecule has 8 heterocycles. The van der Waals surface area contributed by atoms with E-state index in [0.29, 0.717) is 67.1 Å². The predicted octanol–water partition coefficient (Wildman–Crippen LogP) is 12.7. The number of nitrogens with one attached hydrogen (secondary N) is 3. The summed E-state index contributed by atoms with van der Waals surface area (Å²) >= 11 is 0. The van der Waals surface area contributed by atoms with Gasteiger partial charge in [0.2, 0.25) is 22.8 Å². The fourth-order valence-corrected chi connectivity index (χ4v) is 11.9. The fraction of sp³-hybridized carbons (Fsp3) is 0.406. The number of carbonyl (C=O) groups is 1. The Kier molecular flexibility index (Phi) is 19.9. The van der Waals surface area contributed by atoms with Crippen molar-refractivity contribution >= 4 is 51.0 Å². The number of fused-ring (bicyclic) bond motifs is 2. The van der Waals surface area contributed by atoms with Gasteiger partial charge in [-0.25, -0.2) is 24.5 Å². The normalized spacial score (nSPS) is 16.1. The molecule has 1 amide bonds. The van der Waals surface area contributed by atoms with E-state index in [0.717, 1.165) is 152 Å². The molecule has 12 rings (SSSR count). The van der Waals surface area contributed by atoms with Crippen LogP contribution in [0.4, 0.5) is 27.5 Å². The lowest BCUT2D eigenvalue weighted by Crippen LogP contribution is -2.50. The van der Waals surface area contributed by atoms with Gasteiger partial charge in [0.15, 0.2) is 0 Å². The molecule has 0 spiro atoms. The van der Waals surface area contributed by atoms with Gasteiger partial charge in [0.25, 0.3) is 0 Å². The number of amides is 1. The van der Waals surface area contributed by atoms with Gasteiger partial charge in [-0.1, -0.05) is 60.7 Å². The molecule has 4 aromatic heterocycles. The minimum absolute atomic E-state index is 0.264. The number of piperazine rings is 2. The number of ether oxygens (including phenoxy) is 3. The number of nitrogens with zero attached hydrogens (tertiary/aromatic N) is 9. The summed E-state index contributed by atoms with van der Waals surface area (Å²) in [6, 6.07) is 36.5. The molecule has 0 saturated carbocycles. The Hall–Kier alpha value is -8.49. The standard InChI is InChI=1S/C37H44N6O4.C32H36N6O2/c1-37(2,3)47-36(44)43-22-20-42(21-23-43)19-16-39-33-30(38-4)26-40-35-32(33)31(27-10-6-5-7-11-27)34(46-35)28-12-14-29(15-13-28)45-25-24-41-17-8-9-18-41;1-33-27-23-36-32-29(30(27)35-15-20-38-18-13-34-14-19-38)28(24-7-3-2-4-8-24)31(40-32)25-9-11-26(12-10-25)39-22-21-37-16-5-6-17-37/h5-7,10-15,26H,8-9,16-25H2,1-3H3,(H,39,40);2-4,7-12,23,34H,5-6,13-22H2,(H,35,36). The molecule has 18 heteroatoms. The number of pyridine rings is 2. The molecule has 4 aliphatic heterocycles. The number of likely N-dealkylation sites (tertiary alicyclic amines) is 2. The van der Waals surface area contributed by atoms with Crippen molar-refractivity contribution in [3.8, 4) is 56.4 Å². The third-order valence-electron chi connectivity index (χ3n) is 16.4. The number of furan rings is 2. The third kappa shape index (κ3) is 15.2. The van der Waals surface area contributed by atoms with Crippen LogP contribution in [0, 0.1) is 13.1 Å². The van der Waals surface area contributed by atoms with Gasteiger partial charge < -0.3 is 43.9 Å². The van der Waals surface area contributed by atoms with Crippen LogP contribution in [0.3, 0.4) is 0 Å². The van der Waals surface area contributed by atoms with Crippen molar-refractivity contribution in [1.29, 1.82) is 0 Å². The number of rotatable bonds is 20. The highest BCUT2D eigenvalue weighted by Gasteiger charge is 2.28. The van der Waals surface area contributed by atoms with Crippen molar-refractivity contribution in [3.05, 3.63) is 144 Å². The van der Waals surface area contributed by atoms with Crippen molar-refractivity contribution < 1.29 is 27.8 Å². The maximum atomic E-state index is 12.5. The topological polar surface area (TPSA) is 158 Å². The summed E-state index contributed by atoms with van der Waals surface area (Å²) < 4.78 is 30.6. The molecule has 4 aliphatic rings. The quantitative estimate of drug-likeness (QED) is 0.0619. The summed E-state index contributed by atoms with van der Waals surface area (Å²) in [7, 11) is 0. The van der Waals surface area contributed by atoms with E-state index in [1.807, 2.05) is 106 Å². The third-order valence-corrected chi connectivity index (χ3v) is 16.4. The van der Waals surface area contributed by atoms with Crippen molar-refractivity contribution in [3.63, 3.8) is 0 Å². The van der Waals surface area contributed by atoms with Gasteiger partial charge in [-0.3, -0.25) is 19.6 Å². The van der Waals surface area contributed by atoms with Gasteiger partial charge >= 0.3 is 6.09 Å². The lowest BCUT2D eigenvalue weighted by atomic mass is 9.98. The van der Waals surface area contributed by atoms with Crippen LogP contribution < -0.4 is 25.4 Å². The second-order valence-electron chi connectivity index (χ2n) is 23.6. The van der Waals surface area contributed by atoms with Crippen LogP contribution in [0.25, 0.3) is 76.8 Å². The molecule has 4 fully saturated rings. The maximum Gasteiger partial charge on any atom is 0.410 e. The summed E-state index contributed by atoms with van der Waals surface area (Å²) in [5.74, 6) is 3.12. The van der Waals surface area contributed by atoms with Crippen LogP contribution in [0.15, 0.2) is 130 Å². The van der Waals surface area contributed by atoms with Crippen molar-refractivity contribution in [2.45, 2.75) is 52.1 Å². The molecule has 0 bridgehead atoms. The molecule has 3 N–H and O–H groups in total. The number of benzene rings is 4. The molecule has 0 aliphatic carbocycles. The first-order chi connectivity index (χ1) is 42.6. The molecule has 4 aromatic carbocycles. The van der Waals surface area contributed by atoms with E-state index < -0.39 is 5.60 Å². The Bertz CT molecular complexity index is 3620. The van der Waals surface area contributed by atoms with Gasteiger partial charge in [0.1, 0.15) is 41.8 Å². The average molecular weight is 1170 g/mol. The molecule has 87 heavy (non-hydrogen) atoms. The fourth-order valence-electron chi connectivity index (χ4n) is 11.9. The highest BCUT2D eigenvalue weighted by atomic mass is 16.6. The zero-order valence-electron chi connectivity index (χ0n) is 50.5. The Morgan fingerprint density at radius 2 is 0.954 bits per heavy atom. The van der Waals surface area contributed by atoms with E-state index in [2.05, 4.69) is 79.5 Å². The van der Waals surface area contributed by atoms with Crippen molar-refractivity contribution in [1.82, 2.24) is 39.8 Å². The Morgan fingerprint density at radius 1 is 0.540 bits per heavy atom. The summed E-state index contributed by atoms with van der Waals surface area (Å²) in [5, 5.41) is 12.2. The van der Waals surface area contributed by atoms with Crippen LogP contribution in [0.1, 0.15) is 46.5 Å². The van der Waals surface area contributed by atoms with E-state index in [1.165, 1.54) is 38.8 Å². The SMILES string of the molecule is [C-]#[N+]c1cnc2oc(-c3ccc(OCCN4CCCC4)cc3)c(-c3ccccc3)c2c1NCCN1CCN(C(=O)OC(C)(C)C)CC1.[C-]#[N+]c1cnc2oc(-c3ccc(OCCN4CCCC4)cc3)c(-c3ccccc3)c2c1NCCN1CCNCC1. The lowest BCUT2D eigenvalue weighted by Gasteiger charge is -2.35. The van der Waals surface area contributed by atoms with Crippen molar-refractivity contribution in [2.24, 2.45) is 0 Å². The van der Waals surface area contributed by atoms with Gasteiger partial charge in [-0.15, -0.1) is 0 Å². The second-order valence-corrected chi connectivity index (χ2v) is 23.6. The van der Waals surface area contributed by atoms with E-state index in [9.17, 15) is 4.79 Å². The lowest BCUT2D eigenvalue weighted by molar-refractivity contribution is 0.0148. The largest absolute Gasteiger partial charge is 0.492 e. The van der Waals surface area contributed by atoms with Crippen molar-refractivity contribution in [2.75, 3.05) is 142 Å². The first kappa shape index (κ1) is 60.2. The molecule has 18 nitrogen and oxygen atoms in total. The smallest absolute Gasteiger partial charge is 0.410 e. The monoisotopic (exact) mass is 1170 g/mol. The van der Waals surface area contributed by atoms with Crippen LogP contribution in [-0.2, 0) is 4.74 Å². The summed E-state index contributed by atoms with van der Waals surface area (Å²) in [4.78, 5) is 40.7. The van der Waals surface area contributed by atoms with Crippen LogP contribution in [-0.4, -0.2) is 177 Å². The summed E-state index contributed by atoms with van der Waals surface area (Å²) in [6.07, 6.45) is 8.05. The first-order valence-corrected chi connectivity index (χ1v) is 30.9. The van der Waals surface area contributed by atoms with E-state index in [1.54, 1.807) is 17.3 Å².